The van der Waals surface area contributed by atoms with Gasteiger partial charge in [-0.2, -0.15) is 0 Å². The molecule has 0 heterocycles. The Bertz CT molecular complexity index is 405. The van der Waals surface area contributed by atoms with Crippen molar-refractivity contribution in [2.45, 2.75) is 57.5 Å². The zero-order chi connectivity index (χ0) is 13.7. The zero-order valence-electron chi connectivity index (χ0n) is 11.7. The molecule has 1 fully saturated rings. The number of benzene rings is 1. The number of nitrogens with one attached hydrogen (secondary N) is 1. The van der Waals surface area contributed by atoms with Crippen molar-refractivity contribution < 1.29 is 4.79 Å². The molecule has 104 valence electrons. The summed E-state index contributed by atoms with van der Waals surface area (Å²) < 4.78 is 0. The van der Waals surface area contributed by atoms with E-state index in [-0.39, 0.29) is 5.91 Å². The molecule has 1 saturated carbocycles. The fourth-order valence-corrected chi connectivity index (χ4v) is 2.69. The summed E-state index contributed by atoms with van der Waals surface area (Å²) >= 11 is 0. The molecule has 0 spiro atoms. The molecular formula is C16H24N2O. The van der Waals surface area contributed by atoms with E-state index >= 15 is 0 Å². The van der Waals surface area contributed by atoms with Crippen LogP contribution in [0.5, 0.6) is 0 Å². The minimum absolute atomic E-state index is 0.101. The summed E-state index contributed by atoms with van der Waals surface area (Å²) in [7, 11) is 0. The molecule has 0 aromatic heterocycles. The number of carbonyl (C=O) groups is 1. The number of rotatable bonds is 4. The van der Waals surface area contributed by atoms with Crippen LogP contribution in [-0.2, 0) is 11.3 Å². The zero-order valence-corrected chi connectivity index (χ0v) is 11.7. The maximum absolute atomic E-state index is 11.4. The molecule has 1 unspecified atom stereocenters. The molecule has 3 nitrogen and oxygen atoms in total. The van der Waals surface area contributed by atoms with E-state index in [0.717, 1.165) is 11.5 Å². The number of hydrogen-bond donors (Lipinski definition) is 2. The third kappa shape index (κ3) is 4.06. The first kappa shape index (κ1) is 14.1. The summed E-state index contributed by atoms with van der Waals surface area (Å²) in [6.07, 6.45) is 6.74. The normalized spacial score (nSPS) is 18.0. The van der Waals surface area contributed by atoms with Crippen LogP contribution < -0.4 is 11.1 Å². The van der Waals surface area contributed by atoms with E-state index in [1.54, 1.807) is 6.92 Å². The van der Waals surface area contributed by atoms with Crippen molar-refractivity contribution in [3.63, 3.8) is 0 Å². The van der Waals surface area contributed by atoms with Crippen LogP contribution in [0.3, 0.4) is 0 Å². The van der Waals surface area contributed by atoms with Crippen LogP contribution in [-0.4, -0.2) is 11.9 Å². The monoisotopic (exact) mass is 260 g/mol. The quantitative estimate of drug-likeness (QED) is 0.874. The van der Waals surface area contributed by atoms with Crippen LogP contribution in [0, 0.1) is 0 Å². The molecule has 1 aliphatic rings. The summed E-state index contributed by atoms with van der Waals surface area (Å²) in [5.74, 6) is 0.637. The van der Waals surface area contributed by atoms with Gasteiger partial charge in [0.05, 0.1) is 6.04 Å². The Morgan fingerprint density at radius 3 is 2.47 bits per heavy atom. The summed E-state index contributed by atoms with van der Waals surface area (Å²) in [6, 6.07) is 8.21. The van der Waals surface area contributed by atoms with E-state index in [4.69, 9.17) is 5.73 Å². The van der Waals surface area contributed by atoms with Crippen LogP contribution in [0.2, 0.25) is 0 Å². The first-order valence-electron chi connectivity index (χ1n) is 7.29. The maximum Gasteiger partial charge on any atom is 0.236 e. The van der Waals surface area contributed by atoms with Gasteiger partial charge in [0, 0.05) is 6.54 Å². The fraction of sp³-hybridized carbons (Fsp3) is 0.562. The van der Waals surface area contributed by atoms with Gasteiger partial charge in [-0.15, -0.1) is 0 Å². The minimum Gasteiger partial charge on any atom is -0.351 e. The van der Waals surface area contributed by atoms with Crippen molar-refractivity contribution in [1.82, 2.24) is 5.32 Å². The van der Waals surface area contributed by atoms with Crippen LogP contribution >= 0.6 is 0 Å². The SMILES string of the molecule is CC(N)C(=O)NCc1ccc(C2CCCCC2)cc1. The van der Waals surface area contributed by atoms with Crippen molar-refractivity contribution in [2.75, 3.05) is 0 Å². The first-order valence-corrected chi connectivity index (χ1v) is 7.29. The second kappa shape index (κ2) is 6.71. The molecule has 2 rings (SSSR count). The Morgan fingerprint density at radius 1 is 1.26 bits per heavy atom. The van der Waals surface area contributed by atoms with Gasteiger partial charge in [-0.05, 0) is 36.8 Å². The summed E-state index contributed by atoms with van der Waals surface area (Å²) in [6.45, 7) is 2.26. The van der Waals surface area contributed by atoms with E-state index in [9.17, 15) is 4.79 Å². The van der Waals surface area contributed by atoms with Gasteiger partial charge in [-0.25, -0.2) is 0 Å². The first-order chi connectivity index (χ1) is 9.16. The Hall–Kier alpha value is -1.35. The van der Waals surface area contributed by atoms with Gasteiger partial charge >= 0.3 is 0 Å². The van der Waals surface area contributed by atoms with Gasteiger partial charge in [0.25, 0.3) is 0 Å². The molecule has 1 aromatic carbocycles. The number of nitrogens with two attached hydrogens (primary N) is 1. The Morgan fingerprint density at radius 2 is 1.89 bits per heavy atom. The highest BCUT2D eigenvalue weighted by Gasteiger charge is 2.15. The third-order valence-corrected chi connectivity index (χ3v) is 3.94. The van der Waals surface area contributed by atoms with Gasteiger partial charge in [-0.3, -0.25) is 4.79 Å². The number of amides is 1. The van der Waals surface area contributed by atoms with Crippen LogP contribution in [0.15, 0.2) is 24.3 Å². The molecule has 3 heteroatoms. The van der Waals surface area contributed by atoms with Gasteiger partial charge in [0.15, 0.2) is 0 Å². The van der Waals surface area contributed by atoms with E-state index < -0.39 is 6.04 Å². The standard InChI is InChI=1S/C16H24N2O/c1-12(17)16(19)18-11-13-7-9-15(10-8-13)14-5-3-2-4-6-14/h7-10,12,14H,2-6,11,17H2,1H3,(H,18,19). The Kier molecular flexibility index (Phi) is 4.97. The second-order valence-electron chi connectivity index (χ2n) is 5.58. The summed E-state index contributed by atoms with van der Waals surface area (Å²) in [5, 5.41) is 2.83. The van der Waals surface area contributed by atoms with Crippen LogP contribution in [0.25, 0.3) is 0 Å². The average Bonchev–Trinajstić information content (AvgIpc) is 2.46. The fourth-order valence-electron chi connectivity index (χ4n) is 2.69. The molecule has 0 aliphatic heterocycles. The molecule has 1 atom stereocenters. The predicted octanol–water partition coefficient (Wildman–Crippen LogP) is 2.70. The Balaban J connectivity index is 1.89. The molecular weight excluding hydrogens is 236 g/mol. The molecule has 19 heavy (non-hydrogen) atoms. The topological polar surface area (TPSA) is 55.1 Å². The molecule has 0 radical (unpaired) electrons. The average molecular weight is 260 g/mol. The lowest BCUT2D eigenvalue weighted by Crippen LogP contribution is -2.37. The van der Waals surface area contributed by atoms with E-state index in [1.165, 1.54) is 37.7 Å². The minimum atomic E-state index is -0.443. The second-order valence-corrected chi connectivity index (χ2v) is 5.58. The highest BCUT2D eigenvalue weighted by molar-refractivity contribution is 5.80. The highest BCUT2D eigenvalue weighted by atomic mass is 16.2. The van der Waals surface area contributed by atoms with Crippen molar-refractivity contribution in [3.05, 3.63) is 35.4 Å². The van der Waals surface area contributed by atoms with E-state index in [2.05, 4.69) is 29.6 Å². The van der Waals surface area contributed by atoms with Crippen LogP contribution in [0.1, 0.15) is 56.1 Å². The Labute approximate surface area is 115 Å². The van der Waals surface area contributed by atoms with Crippen molar-refractivity contribution >= 4 is 5.91 Å². The van der Waals surface area contributed by atoms with Gasteiger partial charge in [0.1, 0.15) is 0 Å². The summed E-state index contributed by atoms with van der Waals surface area (Å²) in [4.78, 5) is 11.4. The van der Waals surface area contributed by atoms with Gasteiger partial charge in [-0.1, -0.05) is 43.5 Å². The molecule has 3 N–H and O–H groups in total. The van der Waals surface area contributed by atoms with Gasteiger partial charge < -0.3 is 11.1 Å². The van der Waals surface area contributed by atoms with E-state index in [0.29, 0.717) is 6.54 Å². The van der Waals surface area contributed by atoms with Gasteiger partial charge in [0.2, 0.25) is 5.91 Å². The van der Waals surface area contributed by atoms with E-state index in [1.807, 2.05) is 0 Å². The highest BCUT2D eigenvalue weighted by Crippen LogP contribution is 2.32. The molecule has 1 aliphatic carbocycles. The maximum atomic E-state index is 11.4. The largest absolute Gasteiger partial charge is 0.351 e. The lowest BCUT2D eigenvalue weighted by Gasteiger charge is -2.22. The number of hydrogen-bond acceptors (Lipinski definition) is 2. The summed E-state index contributed by atoms with van der Waals surface area (Å²) in [5.41, 5.74) is 8.09. The molecule has 1 aromatic rings. The van der Waals surface area contributed by atoms with Crippen molar-refractivity contribution in [3.8, 4) is 0 Å². The molecule has 0 saturated heterocycles. The number of carbonyl (C=O) groups excluding carboxylic acids is 1. The van der Waals surface area contributed by atoms with Crippen molar-refractivity contribution in [1.29, 1.82) is 0 Å². The lowest BCUT2D eigenvalue weighted by atomic mass is 9.84. The predicted molar refractivity (Wildman–Crippen MR) is 77.8 cm³/mol. The lowest BCUT2D eigenvalue weighted by molar-refractivity contribution is -0.122. The smallest absolute Gasteiger partial charge is 0.236 e. The molecule has 0 bridgehead atoms. The molecule has 1 amide bonds. The third-order valence-electron chi connectivity index (χ3n) is 3.94. The van der Waals surface area contributed by atoms with Crippen LogP contribution in [0.4, 0.5) is 0 Å². The van der Waals surface area contributed by atoms with Crippen molar-refractivity contribution in [2.24, 2.45) is 5.73 Å².